The van der Waals surface area contributed by atoms with E-state index >= 15 is 0 Å². The van der Waals surface area contributed by atoms with Crippen molar-refractivity contribution in [2.24, 2.45) is 0 Å². The van der Waals surface area contributed by atoms with Crippen molar-refractivity contribution in [3.63, 3.8) is 0 Å². The quantitative estimate of drug-likeness (QED) is 0.314. The highest BCUT2D eigenvalue weighted by atomic mass is 32.1. The van der Waals surface area contributed by atoms with Crippen molar-refractivity contribution in [2.75, 3.05) is 18.1 Å². The molecule has 7 heteroatoms. The molecule has 0 atom stereocenters. The van der Waals surface area contributed by atoms with Crippen LogP contribution in [0.1, 0.15) is 37.9 Å². The standard InChI is InChI=1S/C26H27N3O3S/c1-4-31-22-12-13-23-24(15-22)33-26(28-23)29(16-20-7-5-6-14-27-20)25(30)17-32-21-10-8-19(9-11-21)18(2)3/h5-15,18H,4,16-17H2,1-3H3. The highest BCUT2D eigenvalue weighted by Crippen LogP contribution is 2.32. The molecule has 2 aromatic heterocycles. The van der Waals surface area contributed by atoms with Crippen LogP contribution in [0, 0.1) is 0 Å². The summed E-state index contributed by atoms with van der Waals surface area (Å²) >= 11 is 1.45. The van der Waals surface area contributed by atoms with Crippen molar-refractivity contribution in [1.82, 2.24) is 9.97 Å². The van der Waals surface area contributed by atoms with Crippen molar-refractivity contribution >= 4 is 32.6 Å². The fourth-order valence-corrected chi connectivity index (χ4v) is 4.36. The van der Waals surface area contributed by atoms with Gasteiger partial charge in [-0.3, -0.25) is 14.7 Å². The van der Waals surface area contributed by atoms with Gasteiger partial charge >= 0.3 is 0 Å². The minimum atomic E-state index is -0.183. The van der Waals surface area contributed by atoms with Gasteiger partial charge in [-0.15, -0.1) is 0 Å². The van der Waals surface area contributed by atoms with Crippen LogP contribution in [0.5, 0.6) is 11.5 Å². The number of fused-ring (bicyclic) bond motifs is 1. The number of pyridine rings is 1. The Hall–Kier alpha value is -3.45. The van der Waals surface area contributed by atoms with Crippen LogP contribution in [0.15, 0.2) is 66.9 Å². The van der Waals surface area contributed by atoms with Gasteiger partial charge in [0, 0.05) is 6.20 Å². The molecule has 170 valence electrons. The molecular weight excluding hydrogens is 434 g/mol. The zero-order chi connectivity index (χ0) is 23.2. The smallest absolute Gasteiger partial charge is 0.267 e. The molecule has 0 spiro atoms. The molecule has 0 bridgehead atoms. The largest absolute Gasteiger partial charge is 0.494 e. The number of benzene rings is 2. The van der Waals surface area contributed by atoms with E-state index in [4.69, 9.17) is 14.5 Å². The topological polar surface area (TPSA) is 64.5 Å². The van der Waals surface area contributed by atoms with Crippen molar-refractivity contribution in [3.05, 3.63) is 78.1 Å². The van der Waals surface area contributed by atoms with Gasteiger partial charge in [-0.25, -0.2) is 4.98 Å². The van der Waals surface area contributed by atoms with Gasteiger partial charge in [0.2, 0.25) is 0 Å². The number of hydrogen-bond acceptors (Lipinski definition) is 6. The van der Waals surface area contributed by atoms with Crippen LogP contribution in [-0.2, 0) is 11.3 Å². The number of ether oxygens (including phenoxy) is 2. The number of anilines is 1. The summed E-state index contributed by atoms with van der Waals surface area (Å²) < 4.78 is 12.4. The fraction of sp³-hybridized carbons (Fsp3) is 0.269. The number of nitrogens with zero attached hydrogens (tertiary/aromatic N) is 3. The van der Waals surface area contributed by atoms with Crippen molar-refractivity contribution in [2.45, 2.75) is 33.2 Å². The third-order valence-electron chi connectivity index (χ3n) is 5.15. The second-order valence-corrected chi connectivity index (χ2v) is 8.88. The molecular formula is C26H27N3O3S. The van der Waals surface area contributed by atoms with Crippen LogP contribution in [-0.4, -0.2) is 29.1 Å². The van der Waals surface area contributed by atoms with E-state index in [-0.39, 0.29) is 12.5 Å². The van der Waals surface area contributed by atoms with Gasteiger partial charge in [-0.2, -0.15) is 0 Å². The molecule has 0 unspecified atom stereocenters. The number of rotatable bonds is 9. The van der Waals surface area contributed by atoms with Crippen molar-refractivity contribution in [3.8, 4) is 11.5 Å². The zero-order valence-corrected chi connectivity index (χ0v) is 19.8. The summed E-state index contributed by atoms with van der Waals surface area (Å²) in [6.07, 6.45) is 1.72. The normalized spacial score (nSPS) is 11.0. The molecule has 0 aliphatic rings. The molecule has 2 heterocycles. The Kier molecular flexibility index (Phi) is 7.19. The molecule has 0 saturated carbocycles. The van der Waals surface area contributed by atoms with Crippen LogP contribution in [0.3, 0.4) is 0 Å². The van der Waals surface area contributed by atoms with Gasteiger partial charge < -0.3 is 9.47 Å². The minimum Gasteiger partial charge on any atom is -0.494 e. The maximum absolute atomic E-state index is 13.3. The molecule has 2 aromatic carbocycles. The van der Waals surface area contributed by atoms with E-state index in [1.165, 1.54) is 16.9 Å². The predicted molar refractivity (Wildman–Crippen MR) is 132 cm³/mol. The summed E-state index contributed by atoms with van der Waals surface area (Å²) in [5.41, 5.74) is 2.83. The average Bonchev–Trinajstić information content (AvgIpc) is 3.25. The molecule has 0 fully saturated rings. The lowest BCUT2D eigenvalue weighted by Gasteiger charge is -2.20. The lowest BCUT2D eigenvalue weighted by Crippen LogP contribution is -2.34. The third-order valence-corrected chi connectivity index (χ3v) is 6.19. The Morgan fingerprint density at radius 2 is 1.82 bits per heavy atom. The highest BCUT2D eigenvalue weighted by molar-refractivity contribution is 7.22. The molecule has 0 saturated heterocycles. The molecule has 4 aromatic rings. The van der Waals surface area contributed by atoms with Crippen molar-refractivity contribution < 1.29 is 14.3 Å². The van der Waals surface area contributed by atoms with Gasteiger partial charge in [0.15, 0.2) is 11.7 Å². The monoisotopic (exact) mass is 461 g/mol. The van der Waals surface area contributed by atoms with Gasteiger partial charge in [0.1, 0.15) is 11.5 Å². The van der Waals surface area contributed by atoms with Crippen molar-refractivity contribution in [1.29, 1.82) is 0 Å². The lowest BCUT2D eigenvalue weighted by molar-refractivity contribution is -0.120. The van der Waals surface area contributed by atoms with Gasteiger partial charge in [0.25, 0.3) is 5.91 Å². The fourth-order valence-electron chi connectivity index (χ4n) is 3.35. The number of amides is 1. The molecule has 1 amide bonds. The Morgan fingerprint density at radius 3 is 2.52 bits per heavy atom. The van der Waals surface area contributed by atoms with Crippen LogP contribution in [0.25, 0.3) is 10.2 Å². The van der Waals surface area contributed by atoms with Crippen LogP contribution in [0.2, 0.25) is 0 Å². The number of hydrogen-bond donors (Lipinski definition) is 0. The molecule has 4 rings (SSSR count). The van der Waals surface area contributed by atoms with Gasteiger partial charge in [-0.05, 0) is 60.9 Å². The molecule has 0 radical (unpaired) electrons. The molecule has 6 nitrogen and oxygen atoms in total. The first-order chi connectivity index (χ1) is 16.0. The first-order valence-electron chi connectivity index (χ1n) is 11.0. The first-order valence-corrected chi connectivity index (χ1v) is 11.8. The third kappa shape index (κ3) is 5.68. The number of thiazole rings is 1. The maximum Gasteiger partial charge on any atom is 0.267 e. The maximum atomic E-state index is 13.3. The Morgan fingerprint density at radius 1 is 1.03 bits per heavy atom. The Balaban J connectivity index is 1.56. The summed E-state index contributed by atoms with van der Waals surface area (Å²) in [5.74, 6) is 1.71. The van der Waals surface area contributed by atoms with Crippen LogP contribution in [0.4, 0.5) is 5.13 Å². The highest BCUT2D eigenvalue weighted by Gasteiger charge is 2.21. The first kappa shape index (κ1) is 22.7. The van der Waals surface area contributed by atoms with E-state index in [0.717, 1.165) is 21.7 Å². The number of carbonyl (C=O) groups excluding carboxylic acids is 1. The van der Waals surface area contributed by atoms with E-state index in [0.29, 0.717) is 30.0 Å². The number of aromatic nitrogens is 2. The predicted octanol–water partition coefficient (Wildman–Crippen LogP) is 5.83. The average molecular weight is 462 g/mol. The molecule has 0 aliphatic carbocycles. The SMILES string of the molecule is CCOc1ccc2nc(N(Cc3ccccn3)C(=O)COc3ccc(C(C)C)cc3)sc2c1. The van der Waals surface area contributed by atoms with Gasteiger partial charge in [-0.1, -0.05) is 43.4 Å². The van der Waals surface area contributed by atoms with E-state index in [2.05, 4.69) is 18.8 Å². The van der Waals surface area contributed by atoms with E-state index in [1.54, 1.807) is 11.1 Å². The summed E-state index contributed by atoms with van der Waals surface area (Å²) in [6, 6.07) is 19.3. The van der Waals surface area contributed by atoms with E-state index in [9.17, 15) is 4.79 Å². The Bertz CT molecular complexity index is 1210. The van der Waals surface area contributed by atoms with E-state index < -0.39 is 0 Å². The minimum absolute atomic E-state index is 0.0893. The summed E-state index contributed by atoms with van der Waals surface area (Å²) in [7, 11) is 0. The molecule has 0 N–H and O–H groups in total. The van der Waals surface area contributed by atoms with Crippen LogP contribution >= 0.6 is 11.3 Å². The molecule has 0 aliphatic heterocycles. The second kappa shape index (κ2) is 10.4. The summed E-state index contributed by atoms with van der Waals surface area (Å²) in [4.78, 5) is 24.0. The summed E-state index contributed by atoms with van der Waals surface area (Å²) in [5, 5.41) is 0.605. The van der Waals surface area contributed by atoms with Gasteiger partial charge in [0.05, 0.1) is 29.1 Å². The molecule has 33 heavy (non-hydrogen) atoms. The number of carbonyl (C=O) groups is 1. The van der Waals surface area contributed by atoms with Crippen LogP contribution < -0.4 is 14.4 Å². The Labute approximate surface area is 197 Å². The summed E-state index contributed by atoms with van der Waals surface area (Å²) in [6.45, 7) is 7.05. The lowest BCUT2D eigenvalue weighted by atomic mass is 10.0. The second-order valence-electron chi connectivity index (χ2n) is 7.87. The zero-order valence-electron chi connectivity index (χ0n) is 19.0. The van der Waals surface area contributed by atoms with E-state index in [1.807, 2.05) is 67.6 Å².